The molecule has 2 amide bonds. The number of rotatable bonds is 12. The molecule has 2 aromatic heterocycles. The fraction of sp³-hybridized carbons (Fsp3) is 0.200. The van der Waals surface area contributed by atoms with Crippen molar-refractivity contribution in [3.8, 4) is 45.5 Å². The van der Waals surface area contributed by atoms with Crippen molar-refractivity contribution in [3.63, 3.8) is 0 Å². The number of carbonyl (C=O) groups is 6. The maximum absolute atomic E-state index is 12.3. The van der Waals surface area contributed by atoms with Crippen molar-refractivity contribution in [2.45, 2.75) is 24.9 Å². The average Bonchev–Trinajstić information content (AvgIpc) is 3.89. The first-order valence-corrected chi connectivity index (χ1v) is 14.1. The smallest absolute Gasteiger partial charge is 0.326 e. The zero-order valence-electron chi connectivity index (χ0n) is 25.2. The van der Waals surface area contributed by atoms with E-state index >= 15 is 0 Å². The van der Waals surface area contributed by atoms with Crippen LogP contribution in [0.15, 0.2) is 57.8 Å². The van der Waals surface area contributed by atoms with Gasteiger partial charge in [-0.2, -0.15) is 0 Å². The summed E-state index contributed by atoms with van der Waals surface area (Å²) in [6, 6.07) is 8.05. The minimum Gasteiger partial charge on any atom is -0.481 e. The molecule has 4 heterocycles. The second-order valence-electron chi connectivity index (χ2n) is 10.2. The standard InChI is InChI=1S/2C15H12N2O8/c18-12(19)4-9(15(21)22)16-14(20)8-5-25-17-13(8)7-1-2-10-11(3-7)24-6-23-10;18-13(19)5-9(15(21)22)16-14(20)12-4-8(17-25-12)7-1-2-10-11(3-7)24-6-23-10/h1-3,5,9H,4,6H2,(H,16,20)(H,18,19)(H,21,22);1-4,9H,5-6H2,(H,16,20)(H,18,19)(H,21,22)/t2*9-/m00/s1. The third-order valence-corrected chi connectivity index (χ3v) is 6.83. The highest BCUT2D eigenvalue weighted by atomic mass is 16.7. The summed E-state index contributed by atoms with van der Waals surface area (Å²) in [5.74, 6) is -5.45. The quantitative estimate of drug-likeness (QED) is 0.122. The Bertz CT molecular complexity index is 1970. The number of ether oxygens (including phenoxy) is 4. The second kappa shape index (κ2) is 14.8. The molecule has 0 saturated carbocycles. The lowest BCUT2D eigenvalue weighted by Gasteiger charge is -2.12. The van der Waals surface area contributed by atoms with Crippen molar-refractivity contribution in [2.75, 3.05) is 13.6 Å². The van der Waals surface area contributed by atoms with Crippen LogP contribution in [0.2, 0.25) is 0 Å². The van der Waals surface area contributed by atoms with Gasteiger partial charge < -0.3 is 59.1 Å². The summed E-state index contributed by atoms with van der Waals surface area (Å²) in [6.07, 6.45) is -0.467. The van der Waals surface area contributed by atoms with Crippen LogP contribution in [-0.2, 0) is 19.2 Å². The van der Waals surface area contributed by atoms with Crippen molar-refractivity contribution >= 4 is 35.7 Å². The molecule has 2 atom stereocenters. The second-order valence-corrected chi connectivity index (χ2v) is 10.2. The molecule has 50 heavy (non-hydrogen) atoms. The van der Waals surface area contributed by atoms with Gasteiger partial charge in [0, 0.05) is 17.2 Å². The van der Waals surface area contributed by atoms with E-state index in [-0.39, 0.29) is 30.6 Å². The lowest BCUT2D eigenvalue weighted by Crippen LogP contribution is -2.42. The lowest BCUT2D eigenvalue weighted by atomic mass is 10.1. The minimum atomic E-state index is -1.58. The molecule has 20 nitrogen and oxygen atoms in total. The lowest BCUT2D eigenvalue weighted by molar-refractivity contribution is -0.145. The first-order valence-electron chi connectivity index (χ1n) is 14.1. The van der Waals surface area contributed by atoms with Gasteiger partial charge in [-0.3, -0.25) is 19.2 Å². The van der Waals surface area contributed by atoms with Crippen LogP contribution in [-0.4, -0.2) is 92.1 Å². The maximum atomic E-state index is 12.3. The molecule has 20 heteroatoms. The molecule has 260 valence electrons. The topological polar surface area (TPSA) is 296 Å². The number of carboxylic acid groups (broad SMARTS) is 4. The Balaban J connectivity index is 0.000000194. The number of carboxylic acids is 4. The maximum Gasteiger partial charge on any atom is 0.326 e. The number of aromatic nitrogens is 2. The fourth-order valence-corrected chi connectivity index (χ4v) is 4.44. The first kappa shape index (κ1) is 34.2. The number of aliphatic carboxylic acids is 4. The summed E-state index contributed by atoms with van der Waals surface area (Å²) in [4.78, 5) is 67.7. The number of fused-ring (bicyclic) bond motifs is 2. The molecule has 0 aliphatic carbocycles. The Morgan fingerprint density at radius 2 is 1.18 bits per heavy atom. The van der Waals surface area contributed by atoms with Crippen molar-refractivity contribution in [1.82, 2.24) is 20.9 Å². The molecule has 0 unspecified atom stereocenters. The molecule has 4 aromatic rings. The van der Waals surface area contributed by atoms with Gasteiger partial charge in [0.2, 0.25) is 19.3 Å². The fourth-order valence-electron chi connectivity index (χ4n) is 4.44. The van der Waals surface area contributed by atoms with Gasteiger partial charge in [-0.15, -0.1) is 0 Å². The SMILES string of the molecule is O=C(O)C[C@H](NC(=O)c1cc(-c2ccc3c(c2)OCO3)no1)C(=O)O.O=C(O)C[C@H](NC(=O)c1conc1-c1ccc2c(c1)OCO2)C(=O)O. The van der Waals surface area contributed by atoms with E-state index in [0.717, 1.165) is 6.26 Å². The molecule has 2 aromatic carbocycles. The number of carbonyl (C=O) groups excluding carboxylic acids is 2. The van der Waals surface area contributed by atoms with E-state index in [2.05, 4.69) is 20.9 Å². The largest absolute Gasteiger partial charge is 0.481 e. The molecule has 0 saturated heterocycles. The zero-order valence-corrected chi connectivity index (χ0v) is 25.2. The number of hydrogen-bond donors (Lipinski definition) is 6. The Hall–Kier alpha value is -7.12. The van der Waals surface area contributed by atoms with Crippen LogP contribution >= 0.6 is 0 Å². The van der Waals surface area contributed by atoms with Gasteiger partial charge in [0.05, 0.1) is 12.8 Å². The highest BCUT2D eigenvalue weighted by molar-refractivity contribution is 6.01. The third kappa shape index (κ3) is 8.05. The highest BCUT2D eigenvalue weighted by Gasteiger charge is 2.28. The molecule has 2 aliphatic heterocycles. The highest BCUT2D eigenvalue weighted by Crippen LogP contribution is 2.37. The van der Waals surface area contributed by atoms with Crippen molar-refractivity contribution in [2.24, 2.45) is 0 Å². The van der Waals surface area contributed by atoms with Gasteiger partial charge in [-0.1, -0.05) is 10.3 Å². The van der Waals surface area contributed by atoms with E-state index in [4.69, 9.17) is 48.4 Å². The first-order chi connectivity index (χ1) is 23.9. The van der Waals surface area contributed by atoms with Crippen LogP contribution in [0.25, 0.3) is 22.5 Å². The molecular weight excluding hydrogens is 672 g/mol. The third-order valence-electron chi connectivity index (χ3n) is 6.83. The van der Waals surface area contributed by atoms with Crippen LogP contribution in [0.5, 0.6) is 23.0 Å². The predicted molar refractivity (Wildman–Crippen MR) is 158 cm³/mol. The van der Waals surface area contributed by atoms with Gasteiger partial charge in [0.25, 0.3) is 11.8 Å². The van der Waals surface area contributed by atoms with Crippen molar-refractivity contribution < 1.29 is 77.2 Å². The van der Waals surface area contributed by atoms with Gasteiger partial charge in [0.1, 0.15) is 35.3 Å². The van der Waals surface area contributed by atoms with Crippen molar-refractivity contribution in [3.05, 3.63) is 60.1 Å². The normalized spacial score (nSPS) is 13.3. The summed E-state index contributed by atoms with van der Waals surface area (Å²) in [5.41, 5.74) is 1.56. The van der Waals surface area contributed by atoms with E-state index < -0.39 is 60.6 Å². The van der Waals surface area contributed by atoms with Gasteiger partial charge in [0.15, 0.2) is 23.0 Å². The van der Waals surface area contributed by atoms with Crippen LogP contribution in [0.3, 0.4) is 0 Å². The van der Waals surface area contributed by atoms with Gasteiger partial charge in [-0.05, 0) is 36.4 Å². The number of hydrogen-bond acceptors (Lipinski definition) is 14. The Labute approximate surface area is 278 Å². The number of nitrogens with zero attached hydrogens (tertiary/aromatic N) is 2. The Morgan fingerprint density at radius 3 is 1.74 bits per heavy atom. The minimum absolute atomic E-state index is 0.0319. The summed E-state index contributed by atoms with van der Waals surface area (Å²) in [5, 5.41) is 47.1. The van der Waals surface area contributed by atoms with E-state index in [1.807, 2.05) is 0 Å². The van der Waals surface area contributed by atoms with Crippen LogP contribution in [0, 0.1) is 0 Å². The van der Waals surface area contributed by atoms with Crippen LogP contribution < -0.4 is 29.6 Å². The molecule has 0 bridgehead atoms. The van der Waals surface area contributed by atoms with Crippen LogP contribution in [0.1, 0.15) is 33.8 Å². The number of amides is 2. The Kier molecular flexibility index (Phi) is 10.1. The van der Waals surface area contributed by atoms with E-state index in [1.54, 1.807) is 36.4 Å². The summed E-state index contributed by atoms with van der Waals surface area (Å²) in [6.45, 7) is 0.200. The molecule has 0 fully saturated rings. The molecule has 0 spiro atoms. The van der Waals surface area contributed by atoms with E-state index in [1.165, 1.54) is 6.07 Å². The predicted octanol–water partition coefficient (Wildman–Crippen LogP) is 1.46. The summed E-state index contributed by atoms with van der Waals surface area (Å²) in [7, 11) is 0. The number of benzene rings is 2. The Morgan fingerprint density at radius 1 is 0.660 bits per heavy atom. The van der Waals surface area contributed by atoms with E-state index in [9.17, 15) is 28.8 Å². The van der Waals surface area contributed by atoms with Gasteiger partial charge >= 0.3 is 23.9 Å². The van der Waals surface area contributed by atoms with Crippen molar-refractivity contribution in [1.29, 1.82) is 0 Å². The monoisotopic (exact) mass is 696 g/mol. The average molecular weight is 697 g/mol. The molecule has 6 N–H and O–H groups in total. The molecule has 6 rings (SSSR count). The van der Waals surface area contributed by atoms with Gasteiger partial charge in [-0.25, -0.2) is 9.59 Å². The summed E-state index contributed by atoms with van der Waals surface area (Å²) < 4.78 is 30.6. The zero-order chi connectivity index (χ0) is 35.9. The molecule has 2 aliphatic rings. The molecule has 0 radical (unpaired) electrons. The van der Waals surface area contributed by atoms with Crippen LogP contribution in [0.4, 0.5) is 0 Å². The van der Waals surface area contributed by atoms with E-state index in [0.29, 0.717) is 39.8 Å². The molecular formula is C30H24N4O16. The number of nitrogens with one attached hydrogen (secondary N) is 2. The summed E-state index contributed by atoms with van der Waals surface area (Å²) >= 11 is 0.